The van der Waals surface area contributed by atoms with Crippen LogP contribution >= 0.6 is 0 Å². The van der Waals surface area contributed by atoms with Gasteiger partial charge in [-0.05, 0) is 31.4 Å². The number of amides is 1. The van der Waals surface area contributed by atoms with Crippen molar-refractivity contribution in [1.82, 2.24) is 19.9 Å². The van der Waals surface area contributed by atoms with Crippen molar-refractivity contribution in [2.75, 3.05) is 19.6 Å². The van der Waals surface area contributed by atoms with Crippen LogP contribution in [0.4, 0.5) is 0 Å². The highest BCUT2D eigenvalue weighted by Gasteiger charge is 2.41. The summed E-state index contributed by atoms with van der Waals surface area (Å²) in [5.74, 6) is 1.76. The summed E-state index contributed by atoms with van der Waals surface area (Å²) < 4.78 is 5.25. The Labute approximate surface area is 160 Å². The lowest BCUT2D eigenvalue weighted by Crippen LogP contribution is -2.53. The van der Waals surface area contributed by atoms with Gasteiger partial charge in [0.05, 0.1) is 6.54 Å². The van der Waals surface area contributed by atoms with E-state index in [2.05, 4.69) is 32.1 Å². The van der Waals surface area contributed by atoms with E-state index in [4.69, 9.17) is 4.52 Å². The highest BCUT2D eigenvalue weighted by atomic mass is 16.5. The molecule has 1 aromatic carbocycles. The zero-order chi connectivity index (χ0) is 18.7. The standard InChI is InChI=1S/C21H28N4O2/c1-2-19-22-18(23-27-19)14-24-12-6-10-21(15-24)11-9-20(26)25(16-21)13-17-7-4-3-5-8-17/h3-5,7-8H,2,6,9-16H2,1H3/t21-/m0/s1. The van der Waals surface area contributed by atoms with Crippen molar-refractivity contribution in [3.8, 4) is 0 Å². The molecule has 1 amide bonds. The molecule has 6 nitrogen and oxygen atoms in total. The van der Waals surface area contributed by atoms with Crippen molar-refractivity contribution in [1.29, 1.82) is 0 Å². The van der Waals surface area contributed by atoms with Gasteiger partial charge >= 0.3 is 0 Å². The van der Waals surface area contributed by atoms with Crippen LogP contribution in [0.5, 0.6) is 0 Å². The number of piperidine rings is 2. The average Bonchev–Trinajstić information content (AvgIpc) is 3.14. The van der Waals surface area contributed by atoms with Crippen LogP contribution in [0.25, 0.3) is 0 Å². The molecule has 1 atom stereocenters. The van der Waals surface area contributed by atoms with Crippen LogP contribution in [0.1, 0.15) is 49.9 Å². The molecule has 2 fully saturated rings. The quantitative estimate of drug-likeness (QED) is 0.812. The average molecular weight is 368 g/mol. The van der Waals surface area contributed by atoms with E-state index in [0.717, 1.165) is 51.3 Å². The summed E-state index contributed by atoms with van der Waals surface area (Å²) in [4.78, 5) is 21.5. The van der Waals surface area contributed by atoms with Gasteiger partial charge in [0.2, 0.25) is 11.8 Å². The number of likely N-dealkylation sites (tertiary alicyclic amines) is 2. The van der Waals surface area contributed by atoms with E-state index in [0.29, 0.717) is 18.9 Å². The molecule has 27 heavy (non-hydrogen) atoms. The summed E-state index contributed by atoms with van der Waals surface area (Å²) in [5, 5.41) is 4.11. The molecule has 2 saturated heterocycles. The lowest BCUT2D eigenvalue weighted by molar-refractivity contribution is -0.140. The van der Waals surface area contributed by atoms with Gasteiger partial charge in [-0.3, -0.25) is 9.69 Å². The summed E-state index contributed by atoms with van der Waals surface area (Å²) >= 11 is 0. The third-order valence-electron chi connectivity index (χ3n) is 5.88. The maximum Gasteiger partial charge on any atom is 0.226 e. The fourth-order valence-electron chi connectivity index (χ4n) is 4.53. The smallest absolute Gasteiger partial charge is 0.226 e. The molecule has 0 N–H and O–H groups in total. The lowest BCUT2D eigenvalue weighted by atomic mass is 9.73. The number of nitrogens with zero attached hydrogens (tertiary/aromatic N) is 4. The maximum atomic E-state index is 12.5. The highest BCUT2D eigenvalue weighted by Crippen LogP contribution is 2.39. The van der Waals surface area contributed by atoms with Crippen molar-refractivity contribution in [3.05, 3.63) is 47.6 Å². The number of carbonyl (C=O) groups is 1. The summed E-state index contributed by atoms with van der Waals surface area (Å²) in [7, 11) is 0. The van der Waals surface area contributed by atoms with Gasteiger partial charge in [0.15, 0.2) is 5.82 Å². The van der Waals surface area contributed by atoms with E-state index < -0.39 is 0 Å². The Morgan fingerprint density at radius 3 is 2.78 bits per heavy atom. The van der Waals surface area contributed by atoms with Crippen molar-refractivity contribution < 1.29 is 9.32 Å². The molecule has 2 aliphatic heterocycles. The molecule has 1 spiro atoms. The minimum Gasteiger partial charge on any atom is -0.339 e. The van der Waals surface area contributed by atoms with E-state index in [1.807, 2.05) is 25.1 Å². The second-order valence-corrected chi connectivity index (χ2v) is 8.01. The van der Waals surface area contributed by atoms with E-state index in [1.165, 1.54) is 12.0 Å². The van der Waals surface area contributed by atoms with Gasteiger partial charge < -0.3 is 9.42 Å². The summed E-state index contributed by atoms with van der Waals surface area (Å²) in [6, 6.07) is 10.3. The van der Waals surface area contributed by atoms with Gasteiger partial charge in [-0.2, -0.15) is 4.98 Å². The minimum absolute atomic E-state index is 0.193. The molecule has 0 aliphatic carbocycles. The molecular weight excluding hydrogens is 340 g/mol. The van der Waals surface area contributed by atoms with Crippen LogP contribution in [-0.2, 0) is 24.3 Å². The number of rotatable bonds is 5. The van der Waals surface area contributed by atoms with Crippen molar-refractivity contribution in [2.45, 2.75) is 52.1 Å². The molecule has 0 bridgehead atoms. The molecule has 0 radical (unpaired) electrons. The van der Waals surface area contributed by atoms with E-state index >= 15 is 0 Å². The minimum atomic E-state index is 0.193. The first-order valence-electron chi connectivity index (χ1n) is 10.0. The number of carbonyl (C=O) groups excluding carboxylic acids is 1. The Balaban J connectivity index is 1.42. The summed E-state index contributed by atoms with van der Waals surface area (Å²) in [6.07, 6.45) is 4.76. The molecule has 144 valence electrons. The van der Waals surface area contributed by atoms with Gasteiger partial charge in [-0.1, -0.05) is 42.4 Å². The van der Waals surface area contributed by atoms with Crippen molar-refractivity contribution >= 4 is 5.91 Å². The van der Waals surface area contributed by atoms with E-state index in [-0.39, 0.29) is 11.3 Å². The van der Waals surface area contributed by atoms with Crippen LogP contribution in [0.15, 0.2) is 34.9 Å². The highest BCUT2D eigenvalue weighted by molar-refractivity contribution is 5.77. The number of aryl methyl sites for hydroxylation is 1. The molecule has 3 heterocycles. The third-order valence-corrected chi connectivity index (χ3v) is 5.88. The molecule has 4 rings (SSSR count). The largest absolute Gasteiger partial charge is 0.339 e. The zero-order valence-electron chi connectivity index (χ0n) is 16.1. The van der Waals surface area contributed by atoms with Crippen LogP contribution in [-0.4, -0.2) is 45.5 Å². The normalized spacial score (nSPS) is 23.9. The Bertz CT molecular complexity index is 775. The molecule has 6 heteroatoms. The van der Waals surface area contributed by atoms with E-state index in [9.17, 15) is 4.79 Å². The van der Waals surface area contributed by atoms with Crippen LogP contribution in [0.2, 0.25) is 0 Å². The first-order valence-corrected chi connectivity index (χ1v) is 10.0. The molecule has 1 aromatic heterocycles. The topological polar surface area (TPSA) is 62.5 Å². The molecule has 0 unspecified atom stereocenters. The first-order chi connectivity index (χ1) is 13.2. The summed E-state index contributed by atoms with van der Waals surface area (Å²) in [5.41, 5.74) is 1.40. The van der Waals surface area contributed by atoms with Gasteiger partial charge in [-0.15, -0.1) is 0 Å². The lowest BCUT2D eigenvalue weighted by Gasteiger charge is -2.48. The van der Waals surface area contributed by atoms with E-state index in [1.54, 1.807) is 0 Å². The number of aromatic nitrogens is 2. The Morgan fingerprint density at radius 2 is 2.00 bits per heavy atom. The van der Waals surface area contributed by atoms with Gasteiger partial charge in [-0.25, -0.2) is 0 Å². The Morgan fingerprint density at radius 1 is 1.15 bits per heavy atom. The Kier molecular flexibility index (Phi) is 5.25. The fourth-order valence-corrected chi connectivity index (χ4v) is 4.53. The van der Waals surface area contributed by atoms with Gasteiger partial charge in [0.25, 0.3) is 0 Å². The third kappa shape index (κ3) is 4.21. The predicted molar refractivity (Wildman–Crippen MR) is 102 cm³/mol. The molecular formula is C21H28N4O2. The van der Waals surface area contributed by atoms with Crippen LogP contribution in [0, 0.1) is 5.41 Å². The SMILES string of the molecule is CCc1nc(CN2CCC[C@]3(CCC(=O)N(Cc4ccccc4)C3)C2)no1. The molecule has 0 saturated carbocycles. The summed E-state index contributed by atoms with van der Waals surface area (Å²) in [6.45, 7) is 6.38. The number of benzene rings is 1. The maximum absolute atomic E-state index is 12.5. The molecule has 2 aromatic rings. The monoisotopic (exact) mass is 368 g/mol. The predicted octanol–water partition coefficient (Wildman–Crippen LogP) is 3.04. The first kappa shape index (κ1) is 18.2. The second-order valence-electron chi connectivity index (χ2n) is 8.01. The number of hydrogen-bond acceptors (Lipinski definition) is 5. The van der Waals surface area contributed by atoms with Crippen LogP contribution < -0.4 is 0 Å². The zero-order valence-corrected chi connectivity index (χ0v) is 16.1. The van der Waals surface area contributed by atoms with Crippen LogP contribution in [0.3, 0.4) is 0 Å². The molecule has 2 aliphatic rings. The fraction of sp³-hybridized carbons (Fsp3) is 0.571. The second kappa shape index (κ2) is 7.80. The van der Waals surface area contributed by atoms with Gasteiger partial charge in [0, 0.05) is 37.9 Å². The van der Waals surface area contributed by atoms with Crippen molar-refractivity contribution in [3.63, 3.8) is 0 Å². The Hall–Kier alpha value is -2.21. The van der Waals surface area contributed by atoms with Crippen molar-refractivity contribution in [2.24, 2.45) is 5.41 Å². The number of hydrogen-bond donors (Lipinski definition) is 0. The van der Waals surface area contributed by atoms with Gasteiger partial charge in [0.1, 0.15) is 0 Å².